The van der Waals surface area contributed by atoms with Crippen molar-refractivity contribution in [3.05, 3.63) is 94.2 Å². The summed E-state index contributed by atoms with van der Waals surface area (Å²) in [6.45, 7) is 4.70. The molecule has 2 aromatic rings. The van der Waals surface area contributed by atoms with Crippen LogP contribution in [0.2, 0.25) is 0 Å². The van der Waals surface area contributed by atoms with Crippen LogP contribution in [0.3, 0.4) is 0 Å². The van der Waals surface area contributed by atoms with Crippen molar-refractivity contribution >= 4 is 11.5 Å². The average molecular weight is 465 g/mol. The Hall–Kier alpha value is -3.29. The lowest BCUT2D eigenvalue weighted by Crippen LogP contribution is -2.38. The number of nitrogens with one attached hydrogen (secondary N) is 1. The molecular formula is C27H26F2N2O3. The molecule has 2 aromatic carbocycles. The minimum absolute atomic E-state index is 0.0411. The van der Waals surface area contributed by atoms with E-state index in [0.717, 1.165) is 55.7 Å². The Morgan fingerprint density at radius 2 is 1.91 bits per heavy atom. The first-order valence-electron chi connectivity index (χ1n) is 11.5. The van der Waals surface area contributed by atoms with Gasteiger partial charge >= 0.3 is 0 Å². The highest BCUT2D eigenvalue weighted by Gasteiger charge is 2.25. The molecule has 1 fully saturated rings. The number of carbonyl (C=O) groups is 1. The molecule has 0 atom stereocenters. The van der Waals surface area contributed by atoms with Crippen molar-refractivity contribution in [2.24, 2.45) is 0 Å². The number of fused-ring (bicyclic) bond motifs is 2. The Morgan fingerprint density at radius 3 is 2.74 bits per heavy atom. The van der Waals surface area contributed by atoms with Crippen LogP contribution < -0.4 is 10.1 Å². The van der Waals surface area contributed by atoms with Gasteiger partial charge in [-0.2, -0.15) is 0 Å². The topological polar surface area (TPSA) is 50.8 Å². The van der Waals surface area contributed by atoms with Crippen molar-refractivity contribution in [2.45, 2.75) is 12.8 Å². The molecule has 0 saturated carbocycles. The predicted molar refractivity (Wildman–Crippen MR) is 126 cm³/mol. The summed E-state index contributed by atoms with van der Waals surface area (Å²) >= 11 is 0. The van der Waals surface area contributed by atoms with Crippen LogP contribution in [0.25, 0.3) is 0 Å². The van der Waals surface area contributed by atoms with Crippen molar-refractivity contribution in [1.29, 1.82) is 0 Å². The van der Waals surface area contributed by atoms with Crippen LogP contribution in [-0.4, -0.2) is 50.1 Å². The van der Waals surface area contributed by atoms with E-state index < -0.39 is 11.6 Å². The SMILES string of the molecule is O=C1C2=CC=C(Nc3ccc(F)cc3F)CC2=CCc2ccc(OCCN3CCOCC3)cc21. The average Bonchev–Trinajstić information content (AvgIpc) is 2.98. The van der Waals surface area contributed by atoms with E-state index in [0.29, 0.717) is 36.3 Å². The zero-order valence-corrected chi connectivity index (χ0v) is 18.8. The molecule has 1 N–H and O–H groups in total. The van der Waals surface area contributed by atoms with Crippen LogP contribution in [-0.2, 0) is 11.2 Å². The summed E-state index contributed by atoms with van der Waals surface area (Å²) in [5.41, 5.74) is 4.07. The third-order valence-corrected chi connectivity index (χ3v) is 6.32. The third kappa shape index (κ3) is 4.95. The van der Waals surface area contributed by atoms with Crippen molar-refractivity contribution in [3.63, 3.8) is 0 Å². The van der Waals surface area contributed by atoms with E-state index in [1.54, 1.807) is 12.2 Å². The highest BCUT2D eigenvalue weighted by Crippen LogP contribution is 2.34. The maximum Gasteiger partial charge on any atom is 0.193 e. The van der Waals surface area contributed by atoms with Gasteiger partial charge in [0, 0.05) is 49.0 Å². The fourth-order valence-corrected chi connectivity index (χ4v) is 4.43. The second kappa shape index (κ2) is 9.91. The van der Waals surface area contributed by atoms with Gasteiger partial charge in [0.1, 0.15) is 24.0 Å². The molecule has 1 aliphatic heterocycles. The van der Waals surface area contributed by atoms with E-state index in [-0.39, 0.29) is 11.5 Å². The first-order valence-corrected chi connectivity index (χ1v) is 11.5. The summed E-state index contributed by atoms with van der Waals surface area (Å²) < 4.78 is 38.6. The summed E-state index contributed by atoms with van der Waals surface area (Å²) in [4.78, 5) is 15.7. The van der Waals surface area contributed by atoms with Gasteiger partial charge in [0.05, 0.1) is 18.9 Å². The van der Waals surface area contributed by atoms with Crippen LogP contribution in [0.4, 0.5) is 14.5 Å². The monoisotopic (exact) mass is 464 g/mol. The lowest BCUT2D eigenvalue weighted by molar-refractivity contribution is 0.0322. The Kier molecular flexibility index (Phi) is 6.56. The van der Waals surface area contributed by atoms with E-state index in [2.05, 4.69) is 10.2 Å². The summed E-state index contributed by atoms with van der Waals surface area (Å²) in [5.74, 6) is -0.636. The first kappa shape index (κ1) is 22.5. The molecule has 0 unspecified atom stereocenters. The summed E-state index contributed by atoms with van der Waals surface area (Å²) in [6, 6.07) is 9.12. The highest BCUT2D eigenvalue weighted by molar-refractivity contribution is 6.13. The number of hydrogen-bond acceptors (Lipinski definition) is 5. The number of hydrogen-bond donors (Lipinski definition) is 1. The van der Waals surface area contributed by atoms with Gasteiger partial charge < -0.3 is 14.8 Å². The van der Waals surface area contributed by atoms with E-state index in [1.807, 2.05) is 24.3 Å². The number of nitrogens with zero attached hydrogens (tertiary/aromatic N) is 1. The minimum Gasteiger partial charge on any atom is -0.492 e. The fraction of sp³-hybridized carbons (Fsp3) is 0.296. The zero-order valence-electron chi connectivity index (χ0n) is 18.8. The molecule has 5 rings (SSSR count). The molecule has 1 saturated heterocycles. The maximum atomic E-state index is 14.0. The molecule has 0 aromatic heterocycles. The number of rotatable bonds is 6. The number of Topliss-reactive ketones (excluding diaryl/α,β-unsaturated/α-hetero) is 1. The van der Waals surface area contributed by atoms with Gasteiger partial charge in [0.15, 0.2) is 5.78 Å². The molecule has 2 aliphatic carbocycles. The third-order valence-electron chi connectivity index (χ3n) is 6.32. The Bertz CT molecular complexity index is 1200. The highest BCUT2D eigenvalue weighted by atomic mass is 19.1. The molecule has 5 nitrogen and oxygen atoms in total. The van der Waals surface area contributed by atoms with Crippen LogP contribution in [0.1, 0.15) is 22.3 Å². The van der Waals surface area contributed by atoms with Gasteiger partial charge in [0.2, 0.25) is 0 Å². The number of anilines is 1. The Balaban J connectivity index is 1.29. The number of ketones is 1. The zero-order chi connectivity index (χ0) is 23.5. The van der Waals surface area contributed by atoms with Crippen LogP contribution in [0.15, 0.2) is 71.5 Å². The maximum absolute atomic E-state index is 14.0. The van der Waals surface area contributed by atoms with Gasteiger partial charge in [0.25, 0.3) is 0 Å². The van der Waals surface area contributed by atoms with Crippen molar-refractivity contribution < 1.29 is 23.0 Å². The molecule has 34 heavy (non-hydrogen) atoms. The molecule has 3 aliphatic rings. The van der Waals surface area contributed by atoms with E-state index >= 15 is 0 Å². The molecule has 0 spiro atoms. The number of allylic oxidation sites excluding steroid dienone is 5. The number of benzene rings is 2. The summed E-state index contributed by atoms with van der Waals surface area (Å²) in [5, 5.41) is 3.02. The van der Waals surface area contributed by atoms with Crippen molar-refractivity contribution in [1.82, 2.24) is 4.90 Å². The minimum atomic E-state index is -0.657. The van der Waals surface area contributed by atoms with Crippen LogP contribution in [0.5, 0.6) is 5.75 Å². The van der Waals surface area contributed by atoms with Gasteiger partial charge in [-0.15, -0.1) is 0 Å². The summed E-state index contributed by atoms with van der Waals surface area (Å²) in [7, 11) is 0. The summed E-state index contributed by atoms with van der Waals surface area (Å²) in [6.07, 6.45) is 6.68. The van der Waals surface area contributed by atoms with Crippen LogP contribution in [0, 0.1) is 11.6 Å². The fourth-order valence-electron chi connectivity index (χ4n) is 4.43. The largest absolute Gasteiger partial charge is 0.492 e. The number of halogens is 2. The second-order valence-corrected chi connectivity index (χ2v) is 8.58. The van der Waals surface area contributed by atoms with Gasteiger partial charge in [-0.05, 0) is 54.0 Å². The molecule has 0 radical (unpaired) electrons. The molecule has 0 bridgehead atoms. The second-order valence-electron chi connectivity index (χ2n) is 8.58. The molecular weight excluding hydrogens is 438 g/mol. The standard InChI is InChI=1S/C27H26F2N2O3/c28-20-4-8-26(25(29)16-20)30-21-5-7-23-19(15-21)2-1-18-3-6-22(17-24(18)27(23)32)34-14-11-31-9-12-33-13-10-31/h2-8,16-17,30H,1,9-15H2. The van der Waals surface area contributed by atoms with Gasteiger partial charge in [-0.1, -0.05) is 12.1 Å². The number of carbonyl (C=O) groups excluding carboxylic acids is 1. The van der Waals surface area contributed by atoms with Crippen molar-refractivity contribution in [3.8, 4) is 5.75 Å². The molecule has 1 heterocycles. The number of morpholine rings is 1. The smallest absolute Gasteiger partial charge is 0.193 e. The quantitative estimate of drug-likeness (QED) is 0.674. The lowest BCUT2D eigenvalue weighted by Gasteiger charge is -2.26. The normalized spacial score (nSPS) is 18.2. The molecule has 0 amide bonds. The molecule has 176 valence electrons. The number of ether oxygens (including phenoxy) is 2. The predicted octanol–water partition coefficient (Wildman–Crippen LogP) is 4.67. The van der Waals surface area contributed by atoms with E-state index in [4.69, 9.17) is 9.47 Å². The van der Waals surface area contributed by atoms with Gasteiger partial charge in [-0.25, -0.2) is 8.78 Å². The van der Waals surface area contributed by atoms with Crippen molar-refractivity contribution in [2.75, 3.05) is 44.8 Å². The lowest BCUT2D eigenvalue weighted by atomic mass is 9.91. The Morgan fingerprint density at radius 1 is 1.06 bits per heavy atom. The van der Waals surface area contributed by atoms with E-state index in [9.17, 15) is 13.6 Å². The van der Waals surface area contributed by atoms with E-state index in [1.165, 1.54) is 12.1 Å². The van der Waals surface area contributed by atoms with Crippen LogP contribution >= 0.6 is 0 Å². The molecule has 7 heteroatoms. The first-order chi connectivity index (χ1) is 16.6. The van der Waals surface area contributed by atoms with Gasteiger partial charge in [-0.3, -0.25) is 9.69 Å². The Labute approximate surface area is 197 Å².